The summed E-state index contributed by atoms with van der Waals surface area (Å²) in [4.78, 5) is 0. The van der Waals surface area contributed by atoms with Gasteiger partial charge in [0.2, 0.25) is 0 Å². The Morgan fingerprint density at radius 3 is 2.00 bits per heavy atom. The van der Waals surface area contributed by atoms with Crippen LogP contribution in [-0.2, 0) is 0 Å². The van der Waals surface area contributed by atoms with Gasteiger partial charge in [0, 0.05) is 0 Å². The second-order valence-corrected chi connectivity index (χ2v) is 7.14. The predicted molar refractivity (Wildman–Crippen MR) is 81.9 cm³/mol. The molecule has 0 aliphatic rings. The van der Waals surface area contributed by atoms with E-state index in [-0.39, 0.29) is 4.46 Å². The van der Waals surface area contributed by atoms with Gasteiger partial charge in [0.05, 0.1) is 4.46 Å². The largest absolute Gasteiger partial charge is 0.124 e. The van der Waals surface area contributed by atoms with Crippen LogP contribution in [0.3, 0.4) is 0 Å². The van der Waals surface area contributed by atoms with Crippen molar-refractivity contribution in [1.82, 2.24) is 0 Å². The molecule has 2 aromatic carbocycles. The fourth-order valence-electron chi connectivity index (χ4n) is 1.70. The van der Waals surface area contributed by atoms with Gasteiger partial charge in [-0.2, -0.15) is 0 Å². The molecule has 18 heavy (non-hydrogen) atoms. The van der Waals surface area contributed by atoms with Gasteiger partial charge in [-0.25, -0.2) is 0 Å². The molecular weight excluding hydrogens is 279 g/mol. The number of benzene rings is 2. The zero-order valence-corrected chi connectivity index (χ0v) is 12.2. The predicted octanol–water partition coefficient (Wildman–Crippen LogP) is 3.84. The number of hydrogen-bond donors (Lipinski definition) is 0. The highest BCUT2D eigenvalue weighted by Crippen LogP contribution is 2.20. The van der Waals surface area contributed by atoms with Gasteiger partial charge in [0.15, 0.2) is 0 Å². The van der Waals surface area contributed by atoms with Gasteiger partial charge in [-0.05, 0) is 16.7 Å². The normalized spacial score (nSPS) is 10.6. The maximum atomic E-state index is 5.77. The molecule has 3 heteroatoms. The van der Waals surface area contributed by atoms with Gasteiger partial charge in [-0.3, -0.25) is 0 Å². The van der Waals surface area contributed by atoms with Gasteiger partial charge >= 0.3 is 0 Å². The number of halogens is 2. The fourth-order valence-corrected chi connectivity index (χ4v) is 3.07. The molecule has 0 nitrogen and oxygen atoms in total. The summed E-state index contributed by atoms with van der Waals surface area (Å²) >= 11 is 11.5. The number of hydrogen-bond acceptors (Lipinski definition) is 0. The topological polar surface area (TPSA) is 0 Å². The van der Waals surface area contributed by atoms with Crippen molar-refractivity contribution in [2.75, 3.05) is 0 Å². The molecule has 0 unspecified atom stereocenters. The highest BCUT2D eigenvalue weighted by molar-refractivity contribution is 6.75. The molecule has 0 heterocycles. The molecule has 0 aromatic heterocycles. The van der Waals surface area contributed by atoms with Crippen LogP contribution in [0.1, 0.15) is 11.1 Å². The van der Waals surface area contributed by atoms with Gasteiger partial charge in [0.1, 0.15) is 9.52 Å². The molecule has 0 aliphatic heterocycles. The van der Waals surface area contributed by atoms with Crippen LogP contribution in [0, 0.1) is 0 Å². The molecule has 2 radical (unpaired) electrons. The SMILES string of the molecule is C=C(c1ccccc1)c1ccc([Si]C(Cl)Cl)cc1. The molecule has 0 spiro atoms. The first-order valence-corrected chi connectivity index (χ1v) is 7.51. The van der Waals surface area contributed by atoms with Gasteiger partial charge in [-0.1, -0.05) is 66.4 Å². The minimum atomic E-state index is -0.326. The van der Waals surface area contributed by atoms with Crippen LogP contribution < -0.4 is 5.19 Å². The molecule has 0 aliphatic carbocycles. The summed E-state index contributed by atoms with van der Waals surface area (Å²) in [5.74, 6) is 0. The van der Waals surface area contributed by atoms with E-state index in [9.17, 15) is 0 Å². The lowest BCUT2D eigenvalue weighted by Gasteiger charge is -2.07. The summed E-state index contributed by atoms with van der Waals surface area (Å²) in [6, 6.07) is 18.4. The maximum Gasteiger partial charge on any atom is 0.124 e. The smallest absolute Gasteiger partial charge is 0.110 e. The van der Waals surface area contributed by atoms with E-state index in [1.54, 1.807) is 0 Å². The Hall–Kier alpha value is -1.02. The molecule has 90 valence electrons. The van der Waals surface area contributed by atoms with Crippen LogP contribution >= 0.6 is 23.2 Å². The Labute approximate surface area is 120 Å². The van der Waals surface area contributed by atoms with E-state index in [1.165, 1.54) is 0 Å². The monoisotopic (exact) mass is 290 g/mol. The summed E-state index contributed by atoms with van der Waals surface area (Å²) in [5, 5.41) is 1.16. The lowest BCUT2D eigenvalue weighted by Crippen LogP contribution is -2.19. The van der Waals surface area contributed by atoms with E-state index in [4.69, 9.17) is 23.2 Å². The molecular formula is C15H12Cl2Si. The minimum Gasteiger partial charge on any atom is -0.110 e. The summed E-state index contributed by atoms with van der Waals surface area (Å²) in [6.07, 6.45) is 0. The summed E-state index contributed by atoms with van der Waals surface area (Å²) in [5.41, 5.74) is 3.29. The van der Waals surface area contributed by atoms with Crippen LogP contribution in [0.25, 0.3) is 5.57 Å². The standard InChI is InChI=1S/C15H12Cl2Si/c1-11(12-5-3-2-4-6-12)13-7-9-14(10-8-13)18-15(16)17/h2-10,15H,1H2. The van der Waals surface area contributed by atoms with Crippen LogP contribution in [-0.4, -0.2) is 14.0 Å². The quantitative estimate of drug-likeness (QED) is 0.593. The summed E-state index contributed by atoms with van der Waals surface area (Å²) < 4.78 is -0.326. The van der Waals surface area contributed by atoms with Crippen LogP contribution in [0.15, 0.2) is 61.2 Å². The van der Waals surface area contributed by atoms with Crippen molar-refractivity contribution in [2.24, 2.45) is 0 Å². The average molecular weight is 291 g/mol. The lowest BCUT2D eigenvalue weighted by atomic mass is 10.00. The third-order valence-electron chi connectivity index (χ3n) is 2.63. The summed E-state index contributed by atoms with van der Waals surface area (Å²) in [7, 11) is 0.419. The van der Waals surface area contributed by atoms with Gasteiger partial charge in [-0.15, -0.1) is 23.2 Å². The van der Waals surface area contributed by atoms with Gasteiger partial charge < -0.3 is 0 Å². The lowest BCUT2D eigenvalue weighted by molar-refractivity contribution is 1.57. The first kappa shape index (κ1) is 13.4. The third-order valence-corrected chi connectivity index (χ3v) is 4.17. The van der Waals surface area contributed by atoms with Crippen molar-refractivity contribution in [1.29, 1.82) is 0 Å². The Morgan fingerprint density at radius 1 is 0.889 bits per heavy atom. The fraction of sp³-hybridized carbons (Fsp3) is 0.0667. The Balaban J connectivity index is 2.17. The minimum absolute atomic E-state index is 0.326. The van der Waals surface area contributed by atoms with E-state index in [1.807, 2.05) is 18.2 Å². The average Bonchev–Trinajstić information content (AvgIpc) is 2.39. The van der Waals surface area contributed by atoms with E-state index in [0.717, 1.165) is 21.9 Å². The molecule has 0 amide bonds. The van der Waals surface area contributed by atoms with Crippen LogP contribution in [0.5, 0.6) is 0 Å². The zero-order valence-electron chi connectivity index (χ0n) is 9.74. The van der Waals surface area contributed by atoms with Gasteiger partial charge in [0.25, 0.3) is 0 Å². The second kappa shape index (κ2) is 6.23. The van der Waals surface area contributed by atoms with Crippen molar-refractivity contribution in [3.05, 3.63) is 72.3 Å². The summed E-state index contributed by atoms with van der Waals surface area (Å²) in [6.45, 7) is 4.14. The molecule has 0 N–H and O–H groups in total. The first-order chi connectivity index (χ1) is 8.66. The maximum absolute atomic E-state index is 5.77. The van der Waals surface area contributed by atoms with E-state index in [2.05, 4.69) is 43.0 Å². The van der Waals surface area contributed by atoms with Crippen molar-refractivity contribution in [3.63, 3.8) is 0 Å². The zero-order chi connectivity index (χ0) is 13.0. The molecule has 0 saturated carbocycles. The first-order valence-electron chi connectivity index (χ1n) is 5.56. The van der Waals surface area contributed by atoms with E-state index >= 15 is 0 Å². The highest BCUT2D eigenvalue weighted by Gasteiger charge is 2.05. The van der Waals surface area contributed by atoms with Crippen molar-refractivity contribution >= 4 is 43.5 Å². The third kappa shape index (κ3) is 3.48. The van der Waals surface area contributed by atoms with Crippen molar-refractivity contribution in [3.8, 4) is 0 Å². The van der Waals surface area contributed by atoms with Crippen molar-refractivity contribution in [2.45, 2.75) is 4.46 Å². The second-order valence-electron chi connectivity index (χ2n) is 3.87. The van der Waals surface area contributed by atoms with Crippen LogP contribution in [0.2, 0.25) is 0 Å². The van der Waals surface area contributed by atoms with E-state index < -0.39 is 0 Å². The molecule has 0 atom stereocenters. The van der Waals surface area contributed by atoms with E-state index in [0.29, 0.717) is 9.52 Å². The van der Waals surface area contributed by atoms with Crippen molar-refractivity contribution < 1.29 is 0 Å². The molecule has 0 fully saturated rings. The number of rotatable bonds is 4. The number of alkyl halides is 2. The Morgan fingerprint density at radius 2 is 1.44 bits per heavy atom. The Bertz CT molecular complexity index is 518. The molecule has 0 saturated heterocycles. The molecule has 0 bridgehead atoms. The highest BCUT2D eigenvalue weighted by atomic mass is 35.5. The molecule has 2 aromatic rings. The molecule has 2 rings (SSSR count). The van der Waals surface area contributed by atoms with Crippen LogP contribution in [0.4, 0.5) is 0 Å². The Kier molecular flexibility index (Phi) is 4.64.